The van der Waals surface area contributed by atoms with Crippen LogP contribution in [-0.4, -0.2) is 24.3 Å². The lowest BCUT2D eigenvalue weighted by Crippen LogP contribution is -2.13. The van der Waals surface area contributed by atoms with Crippen molar-refractivity contribution in [2.24, 2.45) is 10.8 Å². The largest absolute Gasteiger partial charge is 0.378 e. The predicted molar refractivity (Wildman–Crippen MR) is 80.2 cm³/mol. The number of benzene rings is 1. The molecule has 1 aromatic carbocycles. The maximum Gasteiger partial charge on any atom is 0.184 e. The van der Waals surface area contributed by atoms with Crippen molar-refractivity contribution in [1.29, 1.82) is 0 Å². The van der Waals surface area contributed by atoms with E-state index in [2.05, 4.69) is 39.7 Å². The van der Waals surface area contributed by atoms with Gasteiger partial charge in [0.05, 0.1) is 0 Å². The Morgan fingerprint density at radius 1 is 1.28 bits per heavy atom. The van der Waals surface area contributed by atoms with Crippen molar-refractivity contribution in [3.05, 3.63) is 40.3 Å². The molecule has 0 radical (unpaired) electrons. The van der Waals surface area contributed by atoms with Gasteiger partial charge in [0.25, 0.3) is 0 Å². The van der Waals surface area contributed by atoms with E-state index in [4.69, 9.17) is 5.73 Å². The Morgan fingerprint density at radius 3 is 2.67 bits per heavy atom. The Balaban J connectivity index is 1.84. The molecule has 1 aromatic rings. The highest BCUT2D eigenvalue weighted by molar-refractivity contribution is 8.18. The van der Waals surface area contributed by atoms with Gasteiger partial charge in [0, 0.05) is 25.2 Å². The molecule has 0 spiro atoms. The van der Waals surface area contributed by atoms with Gasteiger partial charge in [0.15, 0.2) is 5.17 Å². The molecule has 2 aliphatic rings. The fourth-order valence-electron chi connectivity index (χ4n) is 1.91. The van der Waals surface area contributed by atoms with Crippen LogP contribution in [0.15, 0.2) is 39.8 Å². The van der Waals surface area contributed by atoms with Gasteiger partial charge in [0.1, 0.15) is 10.4 Å². The van der Waals surface area contributed by atoms with Crippen LogP contribution in [0.4, 0.5) is 5.69 Å². The van der Waals surface area contributed by atoms with E-state index in [9.17, 15) is 0 Å². The third kappa shape index (κ3) is 1.95. The molecule has 6 heteroatoms. The first kappa shape index (κ1) is 11.8. The van der Waals surface area contributed by atoms with Crippen molar-refractivity contribution in [3.63, 3.8) is 0 Å². The molecule has 0 unspecified atom stereocenters. The maximum atomic E-state index is 5.74. The average molecular weight is 278 g/mol. The summed E-state index contributed by atoms with van der Waals surface area (Å²) in [6, 6.07) is 8.56. The molecule has 0 aromatic heterocycles. The monoisotopic (exact) mass is 278 g/mol. The SMILES string of the molecule is CN(C)c1ccc([C@H]2SC=C3SC(N)=NN32)cc1. The van der Waals surface area contributed by atoms with Gasteiger partial charge < -0.3 is 10.6 Å². The van der Waals surface area contributed by atoms with Crippen LogP contribution in [-0.2, 0) is 0 Å². The molecule has 3 rings (SSSR count). The van der Waals surface area contributed by atoms with Crippen molar-refractivity contribution >= 4 is 34.4 Å². The first-order valence-corrected chi connectivity index (χ1v) is 7.35. The summed E-state index contributed by atoms with van der Waals surface area (Å²) < 4.78 is 0. The lowest BCUT2D eigenvalue weighted by molar-refractivity contribution is 0.387. The third-order valence-corrected chi connectivity index (χ3v) is 4.90. The number of hydrazone groups is 1. The molecule has 18 heavy (non-hydrogen) atoms. The maximum absolute atomic E-state index is 5.74. The van der Waals surface area contributed by atoms with Gasteiger partial charge >= 0.3 is 0 Å². The number of fused-ring (bicyclic) bond motifs is 1. The Hall–Kier alpha value is -1.27. The quantitative estimate of drug-likeness (QED) is 0.901. The molecular weight excluding hydrogens is 264 g/mol. The summed E-state index contributed by atoms with van der Waals surface area (Å²) in [4.78, 5) is 2.09. The van der Waals surface area contributed by atoms with E-state index in [1.54, 1.807) is 11.8 Å². The Bertz CT molecular complexity index is 521. The first-order chi connectivity index (χ1) is 8.65. The fraction of sp³-hybridized carbons (Fsp3) is 0.250. The highest BCUT2D eigenvalue weighted by Gasteiger charge is 2.33. The molecule has 94 valence electrons. The number of thioether (sulfide) groups is 2. The Labute approximate surface area is 115 Å². The van der Waals surface area contributed by atoms with Crippen LogP contribution in [0.3, 0.4) is 0 Å². The van der Waals surface area contributed by atoms with E-state index >= 15 is 0 Å². The summed E-state index contributed by atoms with van der Waals surface area (Å²) >= 11 is 3.30. The number of hydrogen-bond acceptors (Lipinski definition) is 6. The summed E-state index contributed by atoms with van der Waals surface area (Å²) in [6.45, 7) is 0. The van der Waals surface area contributed by atoms with Crippen LogP contribution in [0.2, 0.25) is 0 Å². The van der Waals surface area contributed by atoms with Gasteiger partial charge in [-0.15, -0.1) is 5.10 Å². The fourth-order valence-corrected chi connectivity index (χ4v) is 3.87. The zero-order valence-corrected chi connectivity index (χ0v) is 11.8. The number of nitrogens with zero attached hydrogens (tertiary/aromatic N) is 3. The summed E-state index contributed by atoms with van der Waals surface area (Å²) in [5.41, 5.74) is 8.19. The molecule has 2 heterocycles. The summed E-state index contributed by atoms with van der Waals surface area (Å²) in [7, 11) is 4.09. The molecular formula is C12H14N4S2. The van der Waals surface area contributed by atoms with Crippen LogP contribution >= 0.6 is 23.5 Å². The Morgan fingerprint density at radius 2 is 2.00 bits per heavy atom. The van der Waals surface area contributed by atoms with Crippen molar-refractivity contribution in [1.82, 2.24) is 5.01 Å². The van der Waals surface area contributed by atoms with E-state index < -0.39 is 0 Å². The van der Waals surface area contributed by atoms with E-state index in [0.29, 0.717) is 5.17 Å². The van der Waals surface area contributed by atoms with Crippen LogP contribution < -0.4 is 10.6 Å². The highest BCUT2D eigenvalue weighted by atomic mass is 32.2. The van der Waals surface area contributed by atoms with Crippen molar-refractivity contribution in [2.75, 3.05) is 19.0 Å². The third-order valence-electron chi connectivity index (χ3n) is 2.86. The van der Waals surface area contributed by atoms with Crippen molar-refractivity contribution in [3.8, 4) is 0 Å². The zero-order valence-electron chi connectivity index (χ0n) is 10.2. The number of rotatable bonds is 2. The molecule has 2 N–H and O–H groups in total. The molecule has 0 bridgehead atoms. The normalized spacial score (nSPS) is 21.7. The molecule has 0 saturated heterocycles. The second-order valence-corrected chi connectivity index (χ2v) is 6.31. The molecule has 0 saturated carbocycles. The smallest absolute Gasteiger partial charge is 0.184 e. The van der Waals surface area contributed by atoms with Crippen LogP contribution in [0.25, 0.3) is 0 Å². The van der Waals surface area contributed by atoms with Crippen molar-refractivity contribution < 1.29 is 0 Å². The standard InChI is InChI=1S/C12H14N4S2/c1-15(2)9-5-3-8(4-6-9)11-16-10(7-17-11)18-12(13)14-16/h3-7,11H,1-2H3,(H2,13,14)/t11-/m1/s1. The minimum atomic E-state index is 0.213. The summed E-state index contributed by atoms with van der Waals surface area (Å²) in [5.74, 6) is 0. The van der Waals surface area contributed by atoms with Gasteiger partial charge in [0.2, 0.25) is 0 Å². The molecule has 0 amide bonds. The Kier molecular flexibility index (Phi) is 2.91. The molecule has 0 aliphatic carbocycles. The second kappa shape index (κ2) is 4.44. The molecule has 2 aliphatic heterocycles. The predicted octanol–water partition coefficient (Wildman–Crippen LogP) is 2.58. The van der Waals surface area contributed by atoms with E-state index in [-0.39, 0.29) is 5.37 Å². The van der Waals surface area contributed by atoms with Gasteiger partial charge in [-0.3, -0.25) is 0 Å². The minimum Gasteiger partial charge on any atom is -0.378 e. The minimum absolute atomic E-state index is 0.213. The van der Waals surface area contributed by atoms with Crippen LogP contribution in [0, 0.1) is 0 Å². The lowest BCUT2D eigenvalue weighted by Gasteiger charge is -2.20. The number of amidine groups is 1. The number of anilines is 1. The average Bonchev–Trinajstić information content (AvgIpc) is 2.88. The molecule has 1 atom stereocenters. The molecule has 0 fully saturated rings. The molecule has 4 nitrogen and oxygen atoms in total. The van der Waals surface area contributed by atoms with Gasteiger partial charge in [-0.25, -0.2) is 5.01 Å². The first-order valence-electron chi connectivity index (χ1n) is 5.59. The van der Waals surface area contributed by atoms with Crippen LogP contribution in [0.5, 0.6) is 0 Å². The van der Waals surface area contributed by atoms with E-state index in [1.165, 1.54) is 23.0 Å². The van der Waals surface area contributed by atoms with Crippen LogP contribution in [0.1, 0.15) is 10.9 Å². The van der Waals surface area contributed by atoms with E-state index in [0.717, 1.165) is 5.03 Å². The van der Waals surface area contributed by atoms with Gasteiger partial charge in [-0.05, 0) is 29.5 Å². The summed E-state index contributed by atoms with van der Waals surface area (Å²) in [6.07, 6.45) is 0. The topological polar surface area (TPSA) is 44.9 Å². The summed E-state index contributed by atoms with van der Waals surface area (Å²) in [5, 5.41) is 10.4. The van der Waals surface area contributed by atoms with Crippen molar-refractivity contribution in [2.45, 2.75) is 5.37 Å². The van der Waals surface area contributed by atoms with Gasteiger partial charge in [-0.2, -0.15) is 0 Å². The highest BCUT2D eigenvalue weighted by Crippen LogP contribution is 2.49. The second-order valence-electron chi connectivity index (χ2n) is 4.32. The zero-order chi connectivity index (χ0) is 12.7. The van der Waals surface area contributed by atoms with Gasteiger partial charge in [-0.1, -0.05) is 23.9 Å². The lowest BCUT2D eigenvalue weighted by atomic mass is 10.2. The number of hydrogen-bond donors (Lipinski definition) is 1. The number of nitrogens with two attached hydrogens (primary N) is 1. The van der Waals surface area contributed by atoms with E-state index in [1.807, 2.05) is 19.1 Å².